The summed E-state index contributed by atoms with van der Waals surface area (Å²) in [7, 11) is 0. The van der Waals surface area contributed by atoms with E-state index in [0.717, 1.165) is 13.0 Å². The number of nitrogens with one attached hydrogen (secondary N) is 1. The molecule has 0 unspecified atom stereocenters. The van der Waals surface area contributed by atoms with Crippen LogP contribution in [0.2, 0.25) is 0 Å². The Morgan fingerprint density at radius 2 is 2.07 bits per heavy atom. The minimum atomic E-state index is 0.641. The third-order valence-corrected chi connectivity index (χ3v) is 2.94. The molecule has 2 nitrogen and oxygen atoms in total. The maximum Gasteiger partial charge on any atom is 0.0933 e. The van der Waals surface area contributed by atoms with Gasteiger partial charge >= 0.3 is 0 Å². The van der Waals surface area contributed by atoms with Gasteiger partial charge < -0.3 is 0 Å². The summed E-state index contributed by atoms with van der Waals surface area (Å²) in [5.41, 5.74) is 4.18. The zero-order chi connectivity index (χ0) is 10.8. The van der Waals surface area contributed by atoms with Crippen molar-refractivity contribution in [2.45, 2.75) is 20.0 Å². The van der Waals surface area contributed by atoms with Crippen LogP contribution in [0.5, 0.6) is 0 Å². The van der Waals surface area contributed by atoms with Gasteiger partial charge in [0.15, 0.2) is 0 Å². The fourth-order valence-corrected chi connectivity index (χ4v) is 1.81. The van der Waals surface area contributed by atoms with E-state index in [9.17, 15) is 0 Å². The number of hydrogen-bond donors (Lipinski definition) is 1. The molecule has 15 heavy (non-hydrogen) atoms. The summed E-state index contributed by atoms with van der Waals surface area (Å²) >= 11 is 1.97. The smallest absolute Gasteiger partial charge is 0.0933 e. The van der Waals surface area contributed by atoms with E-state index in [1.807, 2.05) is 30.0 Å². The Morgan fingerprint density at radius 3 is 2.80 bits per heavy atom. The summed E-state index contributed by atoms with van der Waals surface area (Å²) in [6.45, 7) is 3.76. The zero-order valence-corrected chi connectivity index (χ0v) is 10.1. The molecule has 84 valence electrons. The highest BCUT2D eigenvalue weighted by atomic mass is 32.2. The fraction of sp³-hybridized carbons (Fsp3) is 0.500. The molecule has 0 bridgehead atoms. The molecule has 1 aromatic rings. The zero-order valence-electron chi connectivity index (χ0n) is 9.24. The van der Waals surface area contributed by atoms with Crippen LogP contribution >= 0.6 is 11.8 Å². The van der Waals surface area contributed by atoms with E-state index in [1.54, 1.807) is 0 Å². The van der Waals surface area contributed by atoms with Crippen molar-refractivity contribution in [2.24, 2.45) is 0 Å². The molecule has 0 aliphatic heterocycles. The summed E-state index contributed by atoms with van der Waals surface area (Å²) in [6.07, 6.45) is 1.16. The first-order valence-electron chi connectivity index (χ1n) is 5.40. The third-order valence-electron chi connectivity index (χ3n) is 1.96. The number of benzene rings is 1. The number of thioether (sulfide) groups is 1. The summed E-state index contributed by atoms with van der Waals surface area (Å²) in [4.78, 5) is 5.34. The number of hydrogen-bond acceptors (Lipinski definition) is 3. The number of rotatable bonds is 8. The van der Waals surface area contributed by atoms with Crippen LogP contribution in [0.25, 0.3) is 0 Å². The molecule has 0 aliphatic carbocycles. The fourth-order valence-electron chi connectivity index (χ4n) is 1.17. The van der Waals surface area contributed by atoms with Gasteiger partial charge in [0.25, 0.3) is 0 Å². The lowest BCUT2D eigenvalue weighted by Gasteiger charge is -2.05. The summed E-state index contributed by atoms with van der Waals surface area (Å²) < 4.78 is 0. The minimum absolute atomic E-state index is 0.641. The minimum Gasteiger partial charge on any atom is -0.297 e. The average Bonchev–Trinajstić information content (AvgIpc) is 2.29. The summed E-state index contributed by atoms with van der Waals surface area (Å²) in [6, 6.07) is 10.2. The van der Waals surface area contributed by atoms with E-state index < -0.39 is 0 Å². The Labute approximate surface area is 96.4 Å². The van der Waals surface area contributed by atoms with E-state index in [0.29, 0.717) is 6.61 Å². The van der Waals surface area contributed by atoms with Crippen molar-refractivity contribution < 1.29 is 4.84 Å². The van der Waals surface area contributed by atoms with E-state index in [2.05, 4.69) is 24.5 Å². The Balaban J connectivity index is 1.93. The molecular weight excluding hydrogens is 206 g/mol. The lowest BCUT2D eigenvalue weighted by atomic mass is 10.2. The molecule has 1 aromatic carbocycles. The van der Waals surface area contributed by atoms with E-state index >= 15 is 0 Å². The molecule has 0 fully saturated rings. The van der Waals surface area contributed by atoms with E-state index in [1.165, 1.54) is 17.1 Å². The predicted molar refractivity (Wildman–Crippen MR) is 66.8 cm³/mol. The first kappa shape index (κ1) is 12.6. The maximum absolute atomic E-state index is 5.34. The topological polar surface area (TPSA) is 21.3 Å². The van der Waals surface area contributed by atoms with Gasteiger partial charge in [0.1, 0.15) is 0 Å². The van der Waals surface area contributed by atoms with Crippen LogP contribution in [0.3, 0.4) is 0 Å². The van der Waals surface area contributed by atoms with Crippen molar-refractivity contribution in [1.29, 1.82) is 0 Å². The Morgan fingerprint density at radius 1 is 1.27 bits per heavy atom. The molecular formula is C12H19NOS. The van der Waals surface area contributed by atoms with Crippen LogP contribution < -0.4 is 5.48 Å². The molecule has 1 rings (SSSR count). The maximum atomic E-state index is 5.34. The van der Waals surface area contributed by atoms with Crippen LogP contribution in [0.15, 0.2) is 30.3 Å². The van der Waals surface area contributed by atoms with Gasteiger partial charge in [-0.1, -0.05) is 37.3 Å². The number of hydroxylamine groups is 1. The van der Waals surface area contributed by atoms with Crippen LogP contribution in [-0.2, 0) is 11.4 Å². The van der Waals surface area contributed by atoms with Gasteiger partial charge in [-0.15, -0.1) is 0 Å². The van der Waals surface area contributed by atoms with Crippen LogP contribution in [-0.4, -0.2) is 18.1 Å². The molecule has 3 heteroatoms. The van der Waals surface area contributed by atoms with Crippen molar-refractivity contribution in [2.75, 3.05) is 18.1 Å². The van der Waals surface area contributed by atoms with Gasteiger partial charge in [-0.25, -0.2) is 5.48 Å². The molecule has 0 spiro atoms. The second-order valence-corrected chi connectivity index (χ2v) is 4.61. The van der Waals surface area contributed by atoms with Gasteiger partial charge in [-0.05, 0) is 23.5 Å². The van der Waals surface area contributed by atoms with Crippen molar-refractivity contribution >= 4 is 11.8 Å². The Bertz CT molecular complexity index is 241. The standard InChI is InChI=1S/C12H19NOS/c1-2-15-10-6-9-13-14-11-12-7-4-3-5-8-12/h3-5,7-8,13H,2,6,9-11H2,1H3. The molecule has 1 N–H and O–H groups in total. The molecule has 0 saturated carbocycles. The van der Waals surface area contributed by atoms with Gasteiger partial charge in [-0.3, -0.25) is 4.84 Å². The average molecular weight is 225 g/mol. The van der Waals surface area contributed by atoms with Crippen LogP contribution in [0, 0.1) is 0 Å². The summed E-state index contributed by atoms with van der Waals surface area (Å²) in [5, 5.41) is 0. The third kappa shape index (κ3) is 6.55. The monoisotopic (exact) mass is 225 g/mol. The SMILES string of the molecule is CCSCCCNOCc1ccccc1. The first-order chi connectivity index (χ1) is 7.43. The van der Waals surface area contributed by atoms with Crippen LogP contribution in [0.1, 0.15) is 18.9 Å². The molecule has 0 amide bonds. The normalized spacial score (nSPS) is 10.5. The molecule has 0 aromatic heterocycles. The van der Waals surface area contributed by atoms with Crippen molar-refractivity contribution in [3.63, 3.8) is 0 Å². The summed E-state index contributed by atoms with van der Waals surface area (Å²) in [5.74, 6) is 2.41. The lowest BCUT2D eigenvalue weighted by Crippen LogP contribution is -2.16. The quantitative estimate of drug-likeness (QED) is 0.543. The van der Waals surface area contributed by atoms with Gasteiger partial charge in [0, 0.05) is 6.54 Å². The van der Waals surface area contributed by atoms with Gasteiger partial charge in [-0.2, -0.15) is 11.8 Å². The molecule has 0 aliphatic rings. The van der Waals surface area contributed by atoms with E-state index in [-0.39, 0.29) is 0 Å². The van der Waals surface area contributed by atoms with Gasteiger partial charge in [0.05, 0.1) is 6.61 Å². The largest absolute Gasteiger partial charge is 0.297 e. The van der Waals surface area contributed by atoms with E-state index in [4.69, 9.17) is 4.84 Å². The van der Waals surface area contributed by atoms with Crippen molar-refractivity contribution in [3.05, 3.63) is 35.9 Å². The Hall–Kier alpha value is -0.510. The second-order valence-electron chi connectivity index (χ2n) is 3.22. The van der Waals surface area contributed by atoms with Crippen molar-refractivity contribution in [1.82, 2.24) is 5.48 Å². The molecule has 0 radical (unpaired) electrons. The highest BCUT2D eigenvalue weighted by Crippen LogP contribution is 2.01. The molecule has 0 heterocycles. The lowest BCUT2D eigenvalue weighted by molar-refractivity contribution is 0.0284. The predicted octanol–water partition coefficient (Wildman–Crippen LogP) is 2.85. The molecule has 0 saturated heterocycles. The Kier molecular flexibility index (Phi) is 7.34. The van der Waals surface area contributed by atoms with Crippen molar-refractivity contribution in [3.8, 4) is 0 Å². The first-order valence-corrected chi connectivity index (χ1v) is 6.55. The van der Waals surface area contributed by atoms with Crippen LogP contribution in [0.4, 0.5) is 0 Å². The molecule has 0 atom stereocenters. The highest BCUT2D eigenvalue weighted by molar-refractivity contribution is 7.99. The van der Waals surface area contributed by atoms with Gasteiger partial charge in [0.2, 0.25) is 0 Å². The highest BCUT2D eigenvalue weighted by Gasteiger charge is 1.91. The second kappa shape index (κ2) is 8.77.